The molecule has 0 atom stereocenters. The summed E-state index contributed by atoms with van der Waals surface area (Å²) in [7, 11) is 1.51. The Bertz CT molecular complexity index is 2940. The topological polar surface area (TPSA) is 170 Å². The molecule has 0 saturated carbocycles. The number of benzene rings is 4. The van der Waals surface area contributed by atoms with Gasteiger partial charge >= 0.3 is 6.03 Å². The van der Waals surface area contributed by atoms with E-state index in [1.54, 1.807) is 25.1 Å². The van der Waals surface area contributed by atoms with E-state index in [1.807, 2.05) is 35.2 Å². The molecule has 0 unspecified atom stereocenters. The fourth-order valence-corrected chi connectivity index (χ4v) is 9.67. The van der Waals surface area contributed by atoms with Gasteiger partial charge in [-0.3, -0.25) is 24.6 Å². The van der Waals surface area contributed by atoms with Crippen LogP contribution in [0, 0.1) is 24.5 Å². The lowest BCUT2D eigenvalue weighted by Crippen LogP contribution is -2.49. The Labute approximate surface area is 398 Å². The van der Waals surface area contributed by atoms with Gasteiger partial charge in [0.25, 0.3) is 5.91 Å². The quantitative estimate of drug-likeness (QED) is 0.0957. The first kappa shape index (κ1) is 47.0. The van der Waals surface area contributed by atoms with Crippen molar-refractivity contribution in [1.29, 1.82) is 0 Å². The molecule has 6 aromatic rings. The molecular weight excluding hydrogens is 885 g/mol. The number of urea groups is 1. The Kier molecular flexibility index (Phi) is 13.3. The highest BCUT2D eigenvalue weighted by molar-refractivity contribution is 6.07. The minimum absolute atomic E-state index is 0.0799. The van der Waals surface area contributed by atoms with Crippen molar-refractivity contribution in [2.45, 2.75) is 71.0 Å². The molecule has 0 spiro atoms. The maximum Gasteiger partial charge on any atom is 0.328 e. The van der Waals surface area contributed by atoms with Crippen LogP contribution in [0.3, 0.4) is 0 Å². The van der Waals surface area contributed by atoms with Crippen molar-refractivity contribution in [2.75, 3.05) is 51.3 Å². The van der Waals surface area contributed by atoms with Gasteiger partial charge in [-0.25, -0.2) is 23.5 Å². The number of H-pyrrole nitrogens is 1. The zero-order chi connectivity index (χ0) is 48.6. The molecule has 2 aromatic heterocycles. The number of imide groups is 1. The summed E-state index contributed by atoms with van der Waals surface area (Å²) < 4.78 is 42.2. The maximum absolute atomic E-state index is 15.3. The van der Waals surface area contributed by atoms with Crippen LogP contribution in [-0.2, 0) is 16.8 Å². The second-order valence-electron chi connectivity index (χ2n) is 18.8. The van der Waals surface area contributed by atoms with Gasteiger partial charge in [-0.1, -0.05) is 6.07 Å². The number of ether oxygens (including phenoxy) is 2. The van der Waals surface area contributed by atoms with Crippen LogP contribution in [0.1, 0.15) is 83.4 Å². The highest BCUT2D eigenvalue weighted by atomic mass is 19.1. The van der Waals surface area contributed by atoms with Gasteiger partial charge in [0, 0.05) is 74.3 Å². The number of nitrogens with zero attached hydrogens (tertiary/aromatic N) is 5. The van der Waals surface area contributed by atoms with Crippen molar-refractivity contribution < 1.29 is 42.5 Å². The third kappa shape index (κ3) is 10.2. The molecule has 3 saturated heterocycles. The monoisotopic (exact) mass is 939 g/mol. The number of fused-ring (bicyclic) bond motifs is 1. The summed E-state index contributed by atoms with van der Waals surface area (Å²) in [5.41, 5.74) is 4.14. The van der Waals surface area contributed by atoms with Crippen LogP contribution in [0.15, 0.2) is 85.2 Å². The number of aliphatic hydroxyl groups is 1. The Balaban J connectivity index is 0.777. The van der Waals surface area contributed by atoms with E-state index >= 15 is 8.78 Å². The molecule has 3 aliphatic heterocycles. The normalized spacial score (nSPS) is 16.5. The fourth-order valence-electron chi connectivity index (χ4n) is 9.67. The summed E-state index contributed by atoms with van der Waals surface area (Å²) in [5.74, 6) is -0.534. The maximum atomic E-state index is 15.3. The Morgan fingerprint density at radius 1 is 0.884 bits per heavy atom. The van der Waals surface area contributed by atoms with Crippen LogP contribution >= 0.6 is 0 Å². The number of ketones is 1. The third-order valence-electron chi connectivity index (χ3n) is 13.7. The van der Waals surface area contributed by atoms with Gasteiger partial charge in [-0.05, 0) is 147 Å². The van der Waals surface area contributed by atoms with Gasteiger partial charge in [0.2, 0.25) is 5.91 Å². The zero-order valence-electron chi connectivity index (χ0n) is 39.1. The lowest BCUT2D eigenvalue weighted by Gasteiger charge is -2.37. The number of nitrogens with one attached hydrogen (secondary N) is 2. The zero-order valence-corrected chi connectivity index (χ0v) is 39.1. The molecular formula is C53H55F2N7O7. The number of amides is 4. The molecule has 69 heavy (non-hydrogen) atoms. The van der Waals surface area contributed by atoms with Crippen molar-refractivity contribution in [1.82, 2.24) is 30.1 Å². The van der Waals surface area contributed by atoms with Crippen LogP contribution < -0.4 is 19.7 Å². The Morgan fingerprint density at radius 3 is 2.33 bits per heavy atom. The molecule has 3 fully saturated rings. The number of hydrogen-bond donors (Lipinski definition) is 3. The number of anilines is 1. The average Bonchev–Trinajstić information content (AvgIpc) is 3.78. The summed E-state index contributed by atoms with van der Waals surface area (Å²) in [6.45, 7) is 9.18. The predicted molar refractivity (Wildman–Crippen MR) is 256 cm³/mol. The molecule has 14 nitrogen and oxygen atoms in total. The average molecular weight is 940 g/mol. The van der Waals surface area contributed by atoms with Crippen LogP contribution in [-0.4, -0.2) is 106 Å². The molecule has 0 radical (unpaired) electrons. The van der Waals surface area contributed by atoms with Gasteiger partial charge < -0.3 is 29.4 Å². The van der Waals surface area contributed by atoms with Crippen molar-refractivity contribution in [2.24, 2.45) is 5.92 Å². The van der Waals surface area contributed by atoms with Crippen molar-refractivity contribution >= 4 is 40.3 Å². The van der Waals surface area contributed by atoms with Gasteiger partial charge in [0.15, 0.2) is 5.78 Å². The van der Waals surface area contributed by atoms with E-state index in [0.717, 1.165) is 68.4 Å². The van der Waals surface area contributed by atoms with E-state index in [2.05, 4.69) is 25.2 Å². The smallest absolute Gasteiger partial charge is 0.328 e. The summed E-state index contributed by atoms with van der Waals surface area (Å²) >= 11 is 0. The fraction of sp³-hybridized carbons (Fsp3) is 0.358. The highest BCUT2D eigenvalue weighted by Crippen LogP contribution is 2.36. The third-order valence-corrected chi connectivity index (χ3v) is 13.7. The van der Waals surface area contributed by atoms with Crippen molar-refractivity contribution in [3.8, 4) is 34.0 Å². The van der Waals surface area contributed by atoms with Crippen LogP contribution in [0.5, 0.6) is 11.5 Å². The molecule has 4 amide bonds. The highest BCUT2D eigenvalue weighted by Gasteiger charge is 2.31. The van der Waals surface area contributed by atoms with E-state index in [0.29, 0.717) is 75.0 Å². The van der Waals surface area contributed by atoms with E-state index in [1.165, 1.54) is 56.4 Å². The van der Waals surface area contributed by atoms with Crippen molar-refractivity contribution in [3.63, 3.8) is 0 Å². The summed E-state index contributed by atoms with van der Waals surface area (Å²) in [6, 6.07) is 21.0. The number of rotatable bonds is 13. The molecule has 5 heterocycles. The molecule has 0 bridgehead atoms. The molecule has 3 aliphatic rings. The summed E-state index contributed by atoms with van der Waals surface area (Å²) in [4.78, 5) is 69.4. The molecule has 4 aromatic carbocycles. The number of aromatic nitrogens is 3. The second-order valence-corrected chi connectivity index (χ2v) is 18.8. The Hall–Kier alpha value is -7.04. The first-order valence-electron chi connectivity index (χ1n) is 23.4. The molecule has 16 heteroatoms. The first-order chi connectivity index (χ1) is 33.1. The number of carbonyl (C=O) groups is 4. The minimum Gasteiger partial charge on any atom is -0.495 e. The molecule has 9 rings (SSSR count). The predicted octanol–water partition coefficient (Wildman–Crippen LogP) is 8.38. The number of likely N-dealkylation sites (tertiary alicyclic amines) is 2. The van der Waals surface area contributed by atoms with Crippen LogP contribution in [0.25, 0.3) is 33.5 Å². The van der Waals surface area contributed by atoms with Crippen LogP contribution in [0.2, 0.25) is 0 Å². The first-order valence-corrected chi connectivity index (χ1v) is 23.4. The van der Waals surface area contributed by atoms with Crippen LogP contribution in [0.4, 0.5) is 19.3 Å². The Morgan fingerprint density at radius 2 is 1.64 bits per heavy atom. The summed E-state index contributed by atoms with van der Waals surface area (Å²) in [6.07, 6.45) is 5.02. The van der Waals surface area contributed by atoms with Gasteiger partial charge in [0.05, 0.1) is 29.7 Å². The van der Waals surface area contributed by atoms with Gasteiger partial charge in [0.1, 0.15) is 41.2 Å². The number of carbonyl (C=O) groups excluding carboxylic acids is 4. The molecule has 3 N–H and O–H groups in total. The van der Waals surface area contributed by atoms with E-state index in [9.17, 15) is 24.3 Å². The number of aromatic amines is 1. The lowest BCUT2D eigenvalue weighted by atomic mass is 9.92. The summed E-state index contributed by atoms with van der Waals surface area (Å²) in [5, 5.41) is 13.3. The van der Waals surface area contributed by atoms with E-state index in [-0.39, 0.29) is 42.9 Å². The second kappa shape index (κ2) is 19.5. The van der Waals surface area contributed by atoms with E-state index in [4.69, 9.17) is 9.47 Å². The van der Waals surface area contributed by atoms with Gasteiger partial charge in [-0.2, -0.15) is 0 Å². The van der Waals surface area contributed by atoms with E-state index < -0.39 is 29.0 Å². The molecule has 0 aliphatic carbocycles. The number of methoxy groups -OCH3 is 1. The standard InChI is InChI=1S/C53H55F2N7O7/c1-31-35(25-46(63)40-11-8-36(26-43(40)55)53(2,3)67)23-37(54)27-41(31)49-42-28-44(58-50(42)57-30-56-49)33-5-9-38(10-6-33)69-39-15-18-60(19-16-39)29-32-13-20-61(21-14-32)51(65)34-7-12-47(68-4)45(24-34)62-22-17-48(64)59-52(62)66/h5-12,23-24,26-28,30,32,39,67H,13-22,25,29H2,1-4H3,(H,56,57,58)(H,59,64,66). The molecule has 358 valence electrons. The number of halogens is 2. The number of piperidine rings is 2. The largest absolute Gasteiger partial charge is 0.495 e. The van der Waals surface area contributed by atoms with Crippen molar-refractivity contribution in [3.05, 3.63) is 125 Å². The minimum atomic E-state index is -1.27. The number of hydrogen-bond acceptors (Lipinski definition) is 10. The SMILES string of the molecule is COc1ccc(C(=O)N2CCC(CN3CCC(Oc4ccc(-c5cc6c(-c7cc(F)cc(CC(=O)c8ccc(C(C)(C)O)cc8F)c7C)ncnc6[nH]5)cc4)CC3)CC2)cc1N1CCC(=O)NC1=O. The number of Topliss-reactive ketones (excluding diaryl/α,β-unsaturated/α-hetero) is 1. The lowest BCUT2D eigenvalue weighted by molar-refractivity contribution is -0.120. The van der Waals surface area contributed by atoms with Gasteiger partial charge in [-0.15, -0.1) is 0 Å².